The maximum atomic E-state index is 11.5. The van der Waals surface area contributed by atoms with E-state index in [9.17, 15) is 9.59 Å². The molecule has 0 amide bonds. The van der Waals surface area contributed by atoms with Crippen molar-refractivity contribution in [1.29, 1.82) is 0 Å². The van der Waals surface area contributed by atoms with Gasteiger partial charge in [-0.15, -0.1) is 0 Å². The van der Waals surface area contributed by atoms with Crippen molar-refractivity contribution in [3.63, 3.8) is 0 Å². The minimum absolute atomic E-state index is 0.172. The molecular formula is C18H34HgO4. The minimum atomic E-state index is -2.22. The molecule has 4 nitrogen and oxygen atoms in total. The Labute approximate surface area is 155 Å². The van der Waals surface area contributed by atoms with E-state index in [1.165, 1.54) is 51.4 Å². The van der Waals surface area contributed by atoms with Gasteiger partial charge in [0.15, 0.2) is 0 Å². The summed E-state index contributed by atoms with van der Waals surface area (Å²) in [6, 6.07) is 0. The Morgan fingerprint density at radius 2 is 0.957 bits per heavy atom. The fraction of sp³-hybridized carbons (Fsp3) is 0.889. The molecule has 0 aromatic rings. The molecule has 0 spiro atoms. The zero-order valence-electron chi connectivity index (χ0n) is 15.2. The van der Waals surface area contributed by atoms with Gasteiger partial charge >= 0.3 is 156 Å². The second-order valence-electron chi connectivity index (χ2n) is 6.19. The van der Waals surface area contributed by atoms with Gasteiger partial charge in [0.1, 0.15) is 0 Å². The standard InChI is InChI=1S/2C9H18O2.Hg/c2*1-2-3-4-5-6-7-8-9(10)11;/h2*2-8H2,1H3,(H,10,11);/q;;+2/p-2. The van der Waals surface area contributed by atoms with Gasteiger partial charge in [-0.25, -0.2) is 0 Å². The molecule has 0 aliphatic heterocycles. The van der Waals surface area contributed by atoms with Gasteiger partial charge in [0.2, 0.25) is 0 Å². The molecule has 0 aliphatic rings. The van der Waals surface area contributed by atoms with Crippen LogP contribution >= 0.6 is 0 Å². The summed E-state index contributed by atoms with van der Waals surface area (Å²) in [7, 11) is 0. The molecule has 0 N–H and O–H groups in total. The first-order chi connectivity index (χ1) is 11.2. The van der Waals surface area contributed by atoms with Crippen LogP contribution in [0.2, 0.25) is 0 Å². The fourth-order valence-corrected chi connectivity index (χ4v) is 4.78. The molecular weight excluding hydrogens is 481 g/mol. The molecule has 0 aromatic heterocycles. The van der Waals surface area contributed by atoms with Crippen LogP contribution in [0.5, 0.6) is 0 Å². The van der Waals surface area contributed by atoms with Crippen molar-refractivity contribution in [2.75, 3.05) is 0 Å². The van der Waals surface area contributed by atoms with Gasteiger partial charge in [-0.2, -0.15) is 0 Å². The van der Waals surface area contributed by atoms with Crippen LogP contribution in [0.4, 0.5) is 0 Å². The van der Waals surface area contributed by atoms with Crippen molar-refractivity contribution >= 4 is 11.9 Å². The zero-order valence-corrected chi connectivity index (χ0v) is 20.7. The van der Waals surface area contributed by atoms with Crippen LogP contribution in [0.15, 0.2) is 0 Å². The van der Waals surface area contributed by atoms with Crippen LogP contribution in [0.25, 0.3) is 0 Å². The van der Waals surface area contributed by atoms with E-state index in [0.717, 1.165) is 25.7 Å². The summed E-state index contributed by atoms with van der Waals surface area (Å²) in [5.74, 6) is -0.343. The number of rotatable bonds is 16. The molecule has 0 rings (SSSR count). The van der Waals surface area contributed by atoms with E-state index in [2.05, 4.69) is 13.8 Å². The van der Waals surface area contributed by atoms with E-state index < -0.39 is 25.5 Å². The molecule has 0 bridgehead atoms. The van der Waals surface area contributed by atoms with Crippen LogP contribution in [0.1, 0.15) is 104 Å². The van der Waals surface area contributed by atoms with Crippen LogP contribution in [-0.4, -0.2) is 11.9 Å². The van der Waals surface area contributed by atoms with Gasteiger partial charge in [-0.05, 0) is 0 Å². The Morgan fingerprint density at radius 1 is 0.609 bits per heavy atom. The van der Waals surface area contributed by atoms with Gasteiger partial charge in [0.25, 0.3) is 0 Å². The van der Waals surface area contributed by atoms with Crippen molar-refractivity contribution < 1.29 is 40.4 Å². The van der Waals surface area contributed by atoms with Crippen molar-refractivity contribution in [1.82, 2.24) is 0 Å². The van der Waals surface area contributed by atoms with E-state index in [1.807, 2.05) is 0 Å². The predicted molar refractivity (Wildman–Crippen MR) is 88.2 cm³/mol. The molecule has 0 saturated heterocycles. The summed E-state index contributed by atoms with van der Waals surface area (Å²) in [4.78, 5) is 23.0. The number of hydrogen-bond donors (Lipinski definition) is 0. The van der Waals surface area contributed by atoms with Crippen molar-refractivity contribution in [3.8, 4) is 0 Å². The molecule has 23 heavy (non-hydrogen) atoms. The third-order valence-electron chi connectivity index (χ3n) is 3.91. The van der Waals surface area contributed by atoms with E-state index in [4.69, 9.17) is 5.29 Å². The number of hydrogen-bond acceptors (Lipinski definition) is 4. The molecule has 0 fully saturated rings. The molecule has 0 unspecified atom stereocenters. The van der Waals surface area contributed by atoms with E-state index >= 15 is 0 Å². The molecule has 0 aromatic carbocycles. The summed E-state index contributed by atoms with van der Waals surface area (Å²) in [6.07, 6.45) is 14.8. The first-order valence-corrected chi connectivity index (χ1v) is 14.0. The molecule has 0 radical (unpaired) electrons. The van der Waals surface area contributed by atoms with Crippen LogP contribution in [0, 0.1) is 0 Å². The average Bonchev–Trinajstić information content (AvgIpc) is 2.54. The van der Waals surface area contributed by atoms with Gasteiger partial charge in [-0.3, -0.25) is 0 Å². The van der Waals surface area contributed by atoms with Crippen molar-refractivity contribution in [2.24, 2.45) is 0 Å². The monoisotopic (exact) mass is 516 g/mol. The Balaban J connectivity index is 3.33. The SMILES string of the molecule is CCCCCCCCC(=O)[O][Hg][O]C(=O)CCCCCCCC. The topological polar surface area (TPSA) is 52.6 Å². The first-order valence-electron chi connectivity index (χ1n) is 9.52. The normalized spacial score (nSPS) is 10.2. The fourth-order valence-electron chi connectivity index (χ4n) is 2.40. The molecule has 0 heterocycles. The van der Waals surface area contributed by atoms with Gasteiger partial charge in [0.05, 0.1) is 0 Å². The third kappa shape index (κ3) is 18.1. The Morgan fingerprint density at radius 3 is 1.35 bits per heavy atom. The van der Waals surface area contributed by atoms with Crippen LogP contribution < -0.4 is 0 Å². The van der Waals surface area contributed by atoms with Gasteiger partial charge < -0.3 is 0 Å². The van der Waals surface area contributed by atoms with E-state index in [-0.39, 0.29) is 11.9 Å². The summed E-state index contributed by atoms with van der Waals surface area (Å²) in [5, 5.41) is 0. The van der Waals surface area contributed by atoms with Crippen LogP contribution in [-0.2, 0) is 40.4 Å². The third-order valence-corrected chi connectivity index (χ3v) is 7.33. The average molecular weight is 515 g/mol. The second kappa shape index (κ2) is 18.2. The Kier molecular flexibility index (Phi) is 18.1. The number of unbranched alkanes of at least 4 members (excludes halogenated alkanes) is 10. The molecule has 132 valence electrons. The van der Waals surface area contributed by atoms with Crippen LogP contribution in [0.3, 0.4) is 0 Å². The maximum absolute atomic E-state index is 11.5. The number of carbonyl (C=O) groups excluding carboxylic acids is 2. The quantitative estimate of drug-likeness (QED) is 0.202. The first kappa shape index (κ1) is 22.9. The molecule has 0 aliphatic carbocycles. The predicted octanol–water partition coefficient (Wildman–Crippen LogP) is 5.49. The second-order valence-corrected chi connectivity index (χ2v) is 9.35. The van der Waals surface area contributed by atoms with Crippen molar-refractivity contribution in [3.05, 3.63) is 0 Å². The zero-order chi connectivity index (χ0) is 17.2. The Hall–Kier alpha value is -0.125. The van der Waals surface area contributed by atoms with Gasteiger partial charge in [0, 0.05) is 0 Å². The number of carbonyl (C=O) groups is 2. The molecule has 0 atom stereocenters. The van der Waals surface area contributed by atoms with E-state index in [0.29, 0.717) is 12.8 Å². The van der Waals surface area contributed by atoms with E-state index in [1.54, 1.807) is 0 Å². The summed E-state index contributed by atoms with van der Waals surface area (Å²) < 4.78 is 10.3. The summed E-state index contributed by atoms with van der Waals surface area (Å²) in [6.45, 7) is 4.39. The van der Waals surface area contributed by atoms with Gasteiger partial charge in [-0.1, -0.05) is 0 Å². The van der Waals surface area contributed by atoms with Crippen molar-refractivity contribution in [2.45, 2.75) is 104 Å². The summed E-state index contributed by atoms with van der Waals surface area (Å²) in [5.41, 5.74) is 0. The molecule has 0 saturated carbocycles. The summed E-state index contributed by atoms with van der Waals surface area (Å²) >= 11 is -2.22. The molecule has 5 heteroatoms. The Bertz CT molecular complexity index is 267.